The molecule has 1 aliphatic rings. The van der Waals surface area contributed by atoms with Gasteiger partial charge >= 0.3 is 0 Å². The fourth-order valence-electron chi connectivity index (χ4n) is 7.28. The van der Waals surface area contributed by atoms with Gasteiger partial charge in [-0.15, -0.1) is 11.3 Å². The molecule has 0 bridgehead atoms. The minimum atomic E-state index is -0.935. The lowest BCUT2D eigenvalue weighted by Gasteiger charge is -2.35. The quantitative estimate of drug-likeness (QED) is 0.0595. The van der Waals surface area contributed by atoms with Gasteiger partial charge in [-0.2, -0.15) is 0 Å². The van der Waals surface area contributed by atoms with Crippen molar-refractivity contribution < 1.29 is 38.5 Å². The Balaban J connectivity index is 0.857. The van der Waals surface area contributed by atoms with Gasteiger partial charge in [-0.25, -0.2) is 4.98 Å². The summed E-state index contributed by atoms with van der Waals surface area (Å²) >= 11 is 7.84. The normalized spacial score (nSPS) is 15.7. The molecule has 5 N–H and O–H groups in total. The van der Waals surface area contributed by atoms with Crippen molar-refractivity contribution in [1.29, 1.82) is 0 Å². The fourth-order valence-corrected chi connectivity index (χ4v) is 8.27. The molecule has 5 aromatic rings. The first-order valence-electron chi connectivity index (χ1n) is 20.7. The summed E-state index contributed by atoms with van der Waals surface area (Å²) in [7, 11) is 0. The van der Waals surface area contributed by atoms with E-state index in [1.54, 1.807) is 17.4 Å². The molecule has 1 aliphatic heterocycles. The number of carbonyl (C=O) groups excluding carboxylic acids is 4. The number of fused-ring (bicyclic) bond motifs is 1. The number of aliphatic hydroxyl groups excluding tert-OH is 1. The lowest BCUT2D eigenvalue weighted by Crippen LogP contribution is -2.57. The van der Waals surface area contributed by atoms with Crippen LogP contribution in [0.2, 0.25) is 5.02 Å². The summed E-state index contributed by atoms with van der Waals surface area (Å²) in [5.74, 6) is -1.42. The van der Waals surface area contributed by atoms with Crippen molar-refractivity contribution in [3.05, 3.63) is 100 Å². The molecule has 16 heteroatoms. The number of amides is 4. The summed E-state index contributed by atoms with van der Waals surface area (Å²) in [4.78, 5) is 63.5. The smallest absolute Gasteiger partial charge is 0.268 e. The summed E-state index contributed by atoms with van der Waals surface area (Å²) in [5, 5.41) is 20.7. The molecule has 0 spiro atoms. The van der Waals surface area contributed by atoms with Crippen molar-refractivity contribution in [2.75, 3.05) is 52.7 Å². The Kier molecular flexibility index (Phi) is 16.3. The van der Waals surface area contributed by atoms with Gasteiger partial charge in [0.1, 0.15) is 17.8 Å². The average Bonchev–Trinajstić information content (AvgIpc) is 3.98. The summed E-state index contributed by atoms with van der Waals surface area (Å²) < 4.78 is 16.8. The second-order valence-electron chi connectivity index (χ2n) is 16.2. The number of thiazole rings is 1. The third kappa shape index (κ3) is 12.3. The van der Waals surface area contributed by atoms with Crippen LogP contribution in [0.15, 0.2) is 78.3 Å². The molecule has 3 atom stereocenters. The molecule has 4 amide bonds. The van der Waals surface area contributed by atoms with Gasteiger partial charge in [0, 0.05) is 54.0 Å². The van der Waals surface area contributed by atoms with E-state index in [4.69, 9.17) is 25.8 Å². The van der Waals surface area contributed by atoms with Gasteiger partial charge in [-0.05, 0) is 47.2 Å². The molecule has 6 rings (SSSR count). The number of rotatable bonds is 20. The summed E-state index contributed by atoms with van der Waals surface area (Å²) in [6, 6.07) is 21.2. The molecule has 3 heterocycles. The molecule has 2 aromatic heterocycles. The molecular weight excluding hydrogens is 832 g/mol. The fraction of sp³-hybridized carbons (Fsp3) is 0.413. The molecule has 14 nitrogen and oxygen atoms in total. The van der Waals surface area contributed by atoms with Gasteiger partial charge in [0.2, 0.25) is 17.7 Å². The lowest BCUT2D eigenvalue weighted by molar-refractivity contribution is -0.144. The maximum Gasteiger partial charge on any atom is 0.268 e. The largest absolute Gasteiger partial charge is 0.391 e. The molecule has 3 aromatic carbocycles. The number of nitrogens with one attached hydrogen (secondary N) is 4. The molecule has 1 fully saturated rings. The molecule has 62 heavy (non-hydrogen) atoms. The van der Waals surface area contributed by atoms with Crippen LogP contribution in [0.1, 0.15) is 55.4 Å². The number of ether oxygens (including phenoxy) is 3. The van der Waals surface area contributed by atoms with E-state index in [0.717, 1.165) is 43.7 Å². The van der Waals surface area contributed by atoms with Gasteiger partial charge in [-0.1, -0.05) is 87.0 Å². The average molecular weight is 888 g/mol. The Hall–Kier alpha value is -5.16. The number of carbonyl (C=O) groups is 4. The minimum Gasteiger partial charge on any atom is -0.391 e. The Morgan fingerprint density at radius 1 is 0.919 bits per heavy atom. The zero-order chi connectivity index (χ0) is 44.2. The van der Waals surface area contributed by atoms with Crippen LogP contribution < -0.4 is 16.0 Å². The predicted molar refractivity (Wildman–Crippen MR) is 240 cm³/mol. The summed E-state index contributed by atoms with van der Waals surface area (Å²) in [5.41, 5.74) is 7.00. The lowest BCUT2D eigenvalue weighted by atomic mass is 9.85. The van der Waals surface area contributed by atoms with Crippen LogP contribution in [0.4, 0.5) is 0 Å². The summed E-state index contributed by atoms with van der Waals surface area (Å²) in [6.45, 7) is 9.62. The van der Waals surface area contributed by atoms with E-state index in [1.165, 1.54) is 4.90 Å². The predicted octanol–water partition coefficient (Wildman–Crippen LogP) is 5.90. The van der Waals surface area contributed by atoms with Gasteiger partial charge < -0.3 is 45.2 Å². The first-order chi connectivity index (χ1) is 29.8. The molecule has 0 saturated carbocycles. The Bertz CT molecular complexity index is 2290. The van der Waals surface area contributed by atoms with Crippen LogP contribution in [-0.2, 0) is 35.1 Å². The highest BCUT2D eigenvalue weighted by Gasteiger charge is 2.44. The highest BCUT2D eigenvalue weighted by Crippen LogP contribution is 2.34. The van der Waals surface area contributed by atoms with E-state index in [9.17, 15) is 24.3 Å². The molecule has 1 saturated heterocycles. The van der Waals surface area contributed by atoms with E-state index in [-0.39, 0.29) is 63.5 Å². The van der Waals surface area contributed by atoms with E-state index in [1.807, 2.05) is 99.9 Å². The van der Waals surface area contributed by atoms with Crippen LogP contribution in [0, 0.1) is 12.3 Å². The van der Waals surface area contributed by atoms with Gasteiger partial charge in [0.05, 0.1) is 61.8 Å². The van der Waals surface area contributed by atoms with E-state index in [2.05, 4.69) is 25.9 Å². The first kappa shape index (κ1) is 46.3. The number of hydrogen-bond donors (Lipinski definition) is 5. The number of aromatic nitrogens is 2. The number of aryl methyl sites for hydroxylation is 1. The standard InChI is InChI=1S/C46H55ClN6O8S/c1-29-41(62-28-50-29)32-12-10-30(11-13-32)26-49-43(56)37-25-34(54)27-53(37)45(58)42(46(2,3)4)52-38(55)16-18-59-20-22-61-23-21-60-19-17-48-44(57)40-39(31-8-6-5-7-9-31)35-24-33(47)14-15-36(35)51-40/h5-15,24,28,34,37,42,51,54H,16-23,25-27H2,1-4H3,(H,48,57)(H,49,56)(H,52,55)/t34-,37+,42-/m1/s1. The molecule has 0 unspecified atom stereocenters. The number of hydrogen-bond acceptors (Lipinski definition) is 10. The minimum absolute atomic E-state index is 0.00882. The van der Waals surface area contributed by atoms with Crippen molar-refractivity contribution in [1.82, 2.24) is 30.8 Å². The van der Waals surface area contributed by atoms with E-state index >= 15 is 0 Å². The second-order valence-corrected chi connectivity index (χ2v) is 17.5. The SMILES string of the molecule is Cc1ncsc1-c1ccc(CNC(=O)[C@@H]2C[C@@H](O)CN2C(=O)[C@@H](NC(=O)CCOCCOCCOCCNC(=O)c2[nH]c3ccc(Cl)cc3c2-c2ccccc2)C(C)(C)C)cc1. The maximum absolute atomic E-state index is 13.9. The van der Waals surface area contributed by atoms with E-state index < -0.39 is 29.5 Å². The van der Waals surface area contributed by atoms with Crippen LogP contribution in [0.5, 0.6) is 0 Å². The summed E-state index contributed by atoms with van der Waals surface area (Å²) in [6.07, 6.45) is -0.748. The number of benzene rings is 3. The number of aliphatic hydroxyl groups is 1. The number of likely N-dealkylation sites (tertiary alicyclic amines) is 1. The number of H-pyrrole nitrogens is 1. The van der Waals surface area contributed by atoms with Gasteiger partial charge in [0.25, 0.3) is 5.91 Å². The topological polar surface area (TPSA) is 184 Å². The van der Waals surface area contributed by atoms with Crippen molar-refractivity contribution in [2.24, 2.45) is 5.41 Å². The Labute approximate surface area is 370 Å². The molecule has 0 aliphatic carbocycles. The number of halogens is 1. The van der Waals surface area contributed by atoms with Crippen LogP contribution in [0.25, 0.3) is 32.5 Å². The zero-order valence-electron chi connectivity index (χ0n) is 35.5. The Morgan fingerprint density at radius 2 is 1.61 bits per heavy atom. The molecule has 330 valence electrons. The number of aromatic amines is 1. The maximum atomic E-state index is 13.9. The van der Waals surface area contributed by atoms with Crippen molar-refractivity contribution in [3.63, 3.8) is 0 Å². The van der Waals surface area contributed by atoms with Crippen molar-refractivity contribution >= 4 is 57.5 Å². The van der Waals surface area contributed by atoms with Crippen LogP contribution in [-0.4, -0.2) is 115 Å². The highest BCUT2D eigenvalue weighted by atomic mass is 35.5. The van der Waals surface area contributed by atoms with E-state index in [0.29, 0.717) is 37.1 Å². The van der Waals surface area contributed by atoms with Gasteiger partial charge in [0.15, 0.2) is 0 Å². The molecular formula is C46H55ClN6O8S. The van der Waals surface area contributed by atoms with Crippen LogP contribution >= 0.6 is 22.9 Å². The second kappa shape index (κ2) is 21.8. The van der Waals surface area contributed by atoms with Crippen molar-refractivity contribution in [3.8, 4) is 21.6 Å². The van der Waals surface area contributed by atoms with Gasteiger partial charge in [-0.3, -0.25) is 19.2 Å². The highest BCUT2D eigenvalue weighted by molar-refractivity contribution is 7.13. The number of nitrogens with zero attached hydrogens (tertiary/aromatic N) is 2. The molecule has 0 radical (unpaired) electrons. The Morgan fingerprint density at radius 3 is 2.29 bits per heavy atom. The monoisotopic (exact) mass is 886 g/mol. The third-order valence-corrected chi connectivity index (χ3v) is 11.7. The third-order valence-electron chi connectivity index (χ3n) is 10.5. The van der Waals surface area contributed by atoms with Crippen LogP contribution in [0.3, 0.4) is 0 Å². The zero-order valence-corrected chi connectivity index (χ0v) is 37.1. The van der Waals surface area contributed by atoms with Crippen molar-refractivity contribution in [2.45, 2.75) is 65.3 Å². The number of β-amino-alcohol motifs (C(OH)–C–C–N with tert-alkyl or cyclic N) is 1. The first-order valence-corrected chi connectivity index (χ1v) is 22.0.